The molecular weight excluding hydrogens is 120 g/mol. The third-order valence-electron chi connectivity index (χ3n) is 1.51. The van der Waals surface area contributed by atoms with Crippen molar-refractivity contribution >= 4 is 0 Å². The van der Waals surface area contributed by atoms with Gasteiger partial charge in [0.15, 0.2) is 0 Å². The second kappa shape index (κ2) is 5.28. The van der Waals surface area contributed by atoms with Gasteiger partial charge >= 0.3 is 0 Å². The standard InChI is InChI=1S/C7H12.C3H6/c1-6-3-4-7(2)5-6;1-3-2/h3-4,6-7H,5H2,1-2H3;3H,1H2,2H3. The molecule has 10 heavy (non-hydrogen) atoms. The molecule has 0 bridgehead atoms. The molecule has 0 saturated carbocycles. The normalized spacial score (nSPS) is 29.1. The molecule has 0 nitrogen and oxygen atoms in total. The van der Waals surface area contributed by atoms with Gasteiger partial charge in [-0.05, 0) is 25.2 Å². The van der Waals surface area contributed by atoms with E-state index < -0.39 is 0 Å². The Hall–Kier alpha value is -0.520. The van der Waals surface area contributed by atoms with Gasteiger partial charge in [-0.15, -0.1) is 6.58 Å². The highest BCUT2D eigenvalue weighted by atomic mass is 14.1. The van der Waals surface area contributed by atoms with Gasteiger partial charge in [0.2, 0.25) is 0 Å². The summed E-state index contributed by atoms with van der Waals surface area (Å²) >= 11 is 0. The van der Waals surface area contributed by atoms with Crippen LogP contribution < -0.4 is 0 Å². The van der Waals surface area contributed by atoms with Gasteiger partial charge in [-0.3, -0.25) is 0 Å². The Balaban J connectivity index is 0.000000236. The first kappa shape index (κ1) is 9.48. The van der Waals surface area contributed by atoms with Gasteiger partial charge in [-0.2, -0.15) is 0 Å². The summed E-state index contributed by atoms with van der Waals surface area (Å²) in [7, 11) is 0. The second-order valence-electron chi connectivity index (χ2n) is 2.98. The van der Waals surface area contributed by atoms with Crippen LogP contribution >= 0.6 is 0 Å². The van der Waals surface area contributed by atoms with Crippen molar-refractivity contribution in [1.82, 2.24) is 0 Å². The van der Waals surface area contributed by atoms with E-state index in [0.29, 0.717) is 0 Å². The van der Waals surface area contributed by atoms with Gasteiger partial charge in [0.05, 0.1) is 0 Å². The summed E-state index contributed by atoms with van der Waals surface area (Å²) < 4.78 is 0. The predicted octanol–water partition coefficient (Wildman–Crippen LogP) is 3.41. The van der Waals surface area contributed by atoms with Crippen molar-refractivity contribution in [1.29, 1.82) is 0 Å². The molecule has 0 fully saturated rings. The highest BCUT2D eigenvalue weighted by molar-refractivity contribution is 4.98. The minimum atomic E-state index is 0.843. The van der Waals surface area contributed by atoms with Crippen molar-refractivity contribution in [2.45, 2.75) is 27.2 Å². The molecule has 1 aliphatic carbocycles. The SMILES string of the molecule is C=CC.CC1C=CC(C)C1. The van der Waals surface area contributed by atoms with E-state index in [0.717, 1.165) is 11.8 Å². The van der Waals surface area contributed by atoms with E-state index >= 15 is 0 Å². The Morgan fingerprint density at radius 2 is 1.60 bits per heavy atom. The van der Waals surface area contributed by atoms with Crippen LogP contribution in [0.15, 0.2) is 24.8 Å². The topological polar surface area (TPSA) is 0 Å². The Bertz CT molecular complexity index is 101. The molecule has 0 aromatic carbocycles. The summed E-state index contributed by atoms with van der Waals surface area (Å²) in [5.41, 5.74) is 0. The lowest BCUT2D eigenvalue weighted by molar-refractivity contribution is 0.591. The maximum absolute atomic E-state index is 3.36. The lowest BCUT2D eigenvalue weighted by atomic mass is 10.1. The molecule has 0 amide bonds. The van der Waals surface area contributed by atoms with Crippen LogP contribution in [0.5, 0.6) is 0 Å². The Morgan fingerprint density at radius 3 is 1.70 bits per heavy atom. The monoisotopic (exact) mass is 138 g/mol. The maximum atomic E-state index is 3.36. The molecule has 0 N–H and O–H groups in total. The highest BCUT2D eigenvalue weighted by Gasteiger charge is 2.08. The average molecular weight is 138 g/mol. The van der Waals surface area contributed by atoms with Crippen LogP contribution in [-0.4, -0.2) is 0 Å². The van der Waals surface area contributed by atoms with Crippen molar-refractivity contribution in [3.05, 3.63) is 24.8 Å². The Morgan fingerprint density at radius 1 is 1.30 bits per heavy atom. The van der Waals surface area contributed by atoms with Crippen LogP contribution in [0.1, 0.15) is 27.2 Å². The van der Waals surface area contributed by atoms with Crippen molar-refractivity contribution < 1.29 is 0 Å². The van der Waals surface area contributed by atoms with E-state index in [9.17, 15) is 0 Å². The average Bonchev–Trinajstić information content (AvgIpc) is 2.17. The van der Waals surface area contributed by atoms with Gasteiger partial charge in [-0.1, -0.05) is 32.1 Å². The largest absolute Gasteiger partial charge is 0.103 e. The second-order valence-corrected chi connectivity index (χ2v) is 2.98. The van der Waals surface area contributed by atoms with Gasteiger partial charge in [0, 0.05) is 0 Å². The fraction of sp³-hybridized carbons (Fsp3) is 0.600. The summed E-state index contributed by atoms with van der Waals surface area (Å²) in [6.45, 7) is 9.78. The fourth-order valence-corrected chi connectivity index (χ4v) is 1.12. The van der Waals surface area contributed by atoms with E-state index in [4.69, 9.17) is 0 Å². The third-order valence-corrected chi connectivity index (χ3v) is 1.51. The van der Waals surface area contributed by atoms with E-state index in [1.54, 1.807) is 6.08 Å². The predicted molar refractivity (Wildman–Crippen MR) is 48.0 cm³/mol. The van der Waals surface area contributed by atoms with E-state index in [1.165, 1.54) is 6.42 Å². The quantitative estimate of drug-likeness (QED) is 0.450. The van der Waals surface area contributed by atoms with Gasteiger partial charge in [-0.25, -0.2) is 0 Å². The minimum Gasteiger partial charge on any atom is -0.103 e. The first-order valence-corrected chi connectivity index (χ1v) is 3.96. The van der Waals surface area contributed by atoms with Crippen molar-refractivity contribution in [2.75, 3.05) is 0 Å². The zero-order valence-corrected chi connectivity index (χ0v) is 7.30. The van der Waals surface area contributed by atoms with Crippen LogP contribution in [0.25, 0.3) is 0 Å². The number of rotatable bonds is 0. The molecule has 58 valence electrons. The molecule has 0 heteroatoms. The van der Waals surface area contributed by atoms with E-state index in [-0.39, 0.29) is 0 Å². The summed E-state index contributed by atoms with van der Waals surface area (Å²) in [6.07, 6.45) is 7.70. The van der Waals surface area contributed by atoms with E-state index in [2.05, 4.69) is 32.6 Å². The molecule has 0 heterocycles. The third kappa shape index (κ3) is 4.37. The summed E-state index contributed by atoms with van der Waals surface area (Å²) in [4.78, 5) is 0. The van der Waals surface area contributed by atoms with Crippen LogP contribution in [0.4, 0.5) is 0 Å². The lowest BCUT2D eigenvalue weighted by Crippen LogP contribution is -1.86. The molecule has 1 rings (SSSR count). The molecule has 1 aliphatic rings. The van der Waals surface area contributed by atoms with Crippen LogP contribution in [-0.2, 0) is 0 Å². The molecular formula is C10H18. The van der Waals surface area contributed by atoms with Crippen molar-refractivity contribution in [3.63, 3.8) is 0 Å². The smallest absolute Gasteiger partial charge is 0.0256 e. The number of allylic oxidation sites excluding steroid dienone is 3. The molecule has 2 atom stereocenters. The van der Waals surface area contributed by atoms with Crippen LogP contribution in [0.3, 0.4) is 0 Å². The molecule has 0 radical (unpaired) electrons. The van der Waals surface area contributed by atoms with Crippen molar-refractivity contribution in [3.8, 4) is 0 Å². The molecule has 0 aromatic heterocycles. The Kier molecular flexibility index (Phi) is 5.00. The van der Waals surface area contributed by atoms with Crippen LogP contribution in [0.2, 0.25) is 0 Å². The zero-order valence-electron chi connectivity index (χ0n) is 7.30. The van der Waals surface area contributed by atoms with E-state index in [1.807, 2.05) is 6.92 Å². The molecule has 0 aromatic rings. The van der Waals surface area contributed by atoms with Crippen LogP contribution in [0, 0.1) is 11.8 Å². The lowest BCUT2D eigenvalue weighted by Gasteiger charge is -1.97. The first-order valence-electron chi connectivity index (χ1n) is 3.96. The summed E-state index contributed by atoms with van der Waals surface area (Å²) in [5, 5.41) is 0. The Labute approximate surface area is 64.6 Å². The fourth-order valence-electron chi connectivity index (χ4n) is 1.12. The molecule has 0 aliphatic heterocycles. The molecule has 2 unspecified atom stereocenters. The highest BCUT2D eigenvalue weighted by Crippen LogP contribution is 2.21. The number of hydrogen-bond acceptors (Lipinski definition) is 0. The van der Waals surface area contributed by atoms with Gasteiger partial charge in [0.25, 0.3) is 0 Å². The summed E-state index contributed by atoms with van der Waals surface area (Å²) in [5.74, 6) is 1.69. The summed E-state index contributed by atoms with van der Waals surface area (Å²) in [6, 6.07) is 0. The van der Waals surface area contributed by atoms with Gasteiger partial charge in [0.1, 0.15) is 0 Å². The molecule has 0 spiro atoms. The minimum absolute atomic E-state index is 0.843. The number of hydrogen-bond donors (Lipinski definition) is 0. The van der Waals surface area contributed by atoms with Gasteiger partial charge < -0.3 is 0 Å². The molecule has 0 saturated heterocycles. The first-order chi connectivity index (χ1) is 4.70. The zero-order chi connectivity index (χ0) is 7.98. The van der Waals surface area contributed by atoms with Crippen molar-refractivity contribution in [2.24, 2.45) is 11.8 Å². The maximum Gasteiger partial charge on any atom is -0.0256 e.